The van der Waals surface area contributed by atoms with Gasteiger partial charge in [0.2, 0.25) is 5.54 Å². The summed E-state index contributed by atoms with van der Waals surface area (Å²) in [5, 5.41) is 4.76. The third kappa shape index (κ3) is 1.94. The van der Waals surface area contributed by atoms with Crippen LogP contribution in [0, 0.1) is 0 Å². The number of hydrogen-bond donors (Lipinski definition) is 2. The van der Waals surface area contributed by atoms with Crippen molar-refractivity contribution in [2.45, 2.75) is 37.5 Å². The largest absolute Gasteiger partial charge is 0.420 e. The maximum atomic E-state index is 12.8. The Labute approximate surface area is 102 Å². The molecule has 2 heterocycles. The van der Waals surface area contributed by atoms with Crippen molar-refractivity contribution < 1.29 is 22.8 Å². The SMILES string of the molecule is CC1(C(F)(F)F)NC(=O)N(C[C@@H]2CCCN2)C1=O. The molecule has 8 heteroatoms. The van der Waals surface area contributed by atoms with Crippen LogP contribution < -0.4 is 10.6 Å². The number of hydrogen-bond acceptors (Lipinski definition) is 3. The highest BCUT2D eigenvalue weighted by Crippen LogP contribution is 2.35. The molecule has 0 saturated carbocycles. The van der Waals surface area contributed by atoms with Gasteiger partial charge >= 0.3 is 12.2 Å². The standard InChI is InChI=1S/C10H14F3N3O2/c1-9(10(11,12)13)7(17)16(8(18)15-9)5-6-3-2-4-14-6/h6,14H,2-5H2,1H3,(H,15,18)/t6-,9?/m0/s1. The van der Waals surface area contributed by atoms with E-state index in [1.165, 1.54) is 0 Å². The summed E-state index contributed by atoms with van der Waals surface area (Å²) in [4.78, 5) is 23.9. The molecule has 0 aromatic rings. The third-order valence-electron chi connectivity index (χ3n) is 3.41. The molecule has 3 amide bonds. The Kier molecular flexibility index (Phi) is 3.00. The van der Waals surface area contributed by atoms with Crippen LogP contribution in [0.25, 0.3) is 0 Å². The van der Waals surface area contributed by atoms with Crippen LogP contribution in [-0.4, -0.2) is 47.7 Å². The second kappa shape index (κ2) is 4.11. The average molecular weight is 265 g/mol. The van der Waals surface area contributed by atoms with Gasteiger partial charge in [-0.25, -0.2) is 4.79 Å². The summed E-state index contributed by atoms with van der Waals surface area (Å²) < 4.78 is 38.3. The zero-order valence-corrected chi connectivity index (χ0v) is 9.80. The fraction of sp³-hybridized carbons (Fsp3) is 0.800. The molecule has 0 spiro atoms. The highest BCUT2D eigenvalue weighted by atomic mass is 19.4. The van der Waals surface area contributed by atoms with E-state index in [9.17, 15) is 22.8 Å². The first-order valence-electron chi connectivity index (χ1n) is 5.70. The van der Waals surface area contributed by atoms with Crippen LogP contribution in [0.2, 0.25) is 0 Å². The smallest absolute Gasteiger partial charge is 0.316 e. The highest BCUT2D eigenvalue weighted by molar-refractivity contribution is 6.07. The van der Waals surface area contributed by atoms with Gasteiger partial charge in [0.1, 0.15) is 0 Å². The Balaban J connectivity index is 2.14. The number of nitrogens with one attached hydrogen (secondary N) is 2. The number of amides is 3. The fourth-order valence-corrected chi connectivity index (χ4v) is 2.19. The second-order valence-electron chi connectivity index (χ2n) is 4.76. The van der Waals surface area contributed by atoms with E-state index in [0.29, 0.717) is 11.8 Å². The van der Waals surface area contributed by atoms with Crippen LogP contribution >= 0.6 is 0 Å². The maximum absolute atomic E-state index is 12.8. The van der Waals surface area contributed by atoms with Gasteiger partial charge in [-0.2, -0.15) is 13.2 Å². The van der Waals surface area contributed by atoms with Gasteiger partial charge in [-0.1, -0.05) is 0 Å². The van der Waals surface area contributed by atoms with Crippen LogP contribution in [0.3, 0.4) is 0 Å². The number of carbonyl (C=O) groups excluding carboxylic acids is 2. The van der Waals surface area contributed by atoms with Crippen molar-refractivity contribution in [1.82, 2.24) is 15.5 Å². The number of carbonyl (C=O) groups is 2. The van der Waals surface area contributed by atoms with E-state index < -0.39 is 23.7 Å². The molecule has 102 valence electrons. The minimum absolute atomic E-state index is 0.0175. The Morgan fingerprint density at radius 1 is 1.44 bits per heavy atom. The van der Waals surface area contributed by atoms with Gasteiger partial charge in [0.15, 0.2) is 0 Å². The van der Waals surface area contributed by atoms with E-state index in [0.717, 1.165) is 19.4 Å². The first kappa shape index (κ1) is 13.1. The monoisotopic (exact) mass is 265 g/mol. The number of rotatable bonds is 2. The molecule has 0 aromatic carbocycles. The van der Waals surface area contributed by atoms with E-state index in [2.05, 4.69) is 5.32 Å². The Hall–Kier alpha value is -1.31. The van der Waals surface area contributed by atoms with Gasteiger partial charge in [0.25, 0.3) is 5.91 Å². The lowest BCUT2D eigenvalue weighted by Gasteiger charge is -2.25. The molecule has 2 N–H and O–H groups in total. The van der Waals surface area contributed by atoms with E-state index >= 15 is 0 Å². The lowest BCUT2D eigenvalue weighted by atomic mass is 10.0. The van der Waals surface area contributed by atoms with Gasteiger partial charge in [0, 0.05) is 12.6 Å². The summed E-state index contributed by atoms with van der Waals surface area (Å²) >= 11 is 0. The molecule has 2 saturated heterocycles. The van der Waals surface area contributed by atoms with Gasteiger partial charge in [-0.05, 0) is 26.3 Å². The van der Waals surface area contributed by atoms with Crippen molar-refractivity contribution in [3.63, 3.8) is 0 Å². The zero-order valence-electron chi connectivity index (χ0n) is 9.80. The number of nitrogens with zero attached hydrogens (tertiary/aromatic N) is 1. The molecule has 0 bridgehead atoms. The minimum Gasteiger partial charge on any atom is -0.316 e. The number of urea groups is 1. The van der Waals surface area contributed by atoms with Crippen LogP contribution in [0.1, 0.15) is 19.8 Å². The molecule has 0 aliphatic carbocycles. The molecule has 18 heavy (non-hydrogen) atoms. The first-order valence-corrected chi connectivity index (χ1v) is 5.70. The predicted octanol–water partition coefficient (Wildman–Crippen LogP) is 0.611. The highest BCUT2D eigenvalue weighted by Gasteiger charge is 2.64. The molecule has 2 aliphatic rings. The maximum Gasteiger partial charge on any atom is 0.420 e. The summed E-state index contributed by atoms with van der Waals surface area (Å²) in [6, 6.07) is -1.09. The molecule has 0 radical (unpaired) electrons. The molecule has 2 rings (SSSR count). The topological polar surface area (TPSA) is 61.4 Å². The van der Waals surface area contributed by atoms with E-state index in [-0.39, 0.29) is 12.6 Å². The third-order valence-corrected chi connectivity index (χ3v) is 3.41. The van der Waals surface area contributed by atoms with Crippen molar-refractivity contribution in [2.75, 3.05) is 13.1 Å². The second-order valence-corrected chi connectivity index (χ2v) is 4.76. The molecule has 5 nitrogen and oxygen atoms in total. The summed E-state index contributed by atoms with van der Waals surface area (Å²) in [6.45, 7) is 1.43. The normalized spacial score (nSPS) is 33.1. The average Bonchev–Trinajstić information content (AvgIpc) is 2.81. The summed E-state index contributed by atoms with van der Waals surface area (Å²) in [5.41, 5.74) is -2.80. The Bertz CT molecular complexity index is 379. The van der Waals surface area contributed by atoms with Crippen molar-refractivity contribution in [3.05, 3.63) is 0 Å². The fourth-order valence-electron chi connectivity index (χ4n) is 2.19. The number of imide groups is 1. The van der Waals surface area contributed by atoms with Crippen LogP contribution in [0.4, 0.5) is 18.0 Å². The van der Waals surface area contributed by atoms with Gasteiger partial charge in [0.05, 0.1) is 0 Å². The number of alkyl halides is 3. The van der Waals surface area contributed by atoms with Crippen molar-refractivity contribution >= 4 is 11.9 Å². The lowest BCUT2D eigenvalue weighted by Crippen LogP contribution is -2.56. The first-order chi connectivity index (χ1) is 8.25. The van der Waals surface area contributed by atoms with Crippen molar-refractivity contribution in [2.24, 2.45) is 0 Å². The molecule has 1 unspecified atom stereocenters. The zero-order chi connectivity index (χ0) is 13.6. The van der Waals surface area contributed by atoms with E-state index in [4.69, 9.17) is 0 Å². The van der Waals surface area contributed by atoms with Gasteiger partial charge in [-0.15, -0.1) is 0 Å². The van der Waals surface area contributed by atoms with Crippen LogP contribution in [0.15, 0.2) is 0 Å². The van der Waals surface area contributed by atoms with Gasteiger partial charge in [-0.3, -0.25) is 9.69 Å². The van der Waals surface area contributed by atoms with E-state index in [1.807, 2.05) is 0 Å². The molecule has 2 atom stereocenters. The molecule has 2 aliphatic heterocycles. The molecular weight excluding hydrogens is 251 g/mol. The summed E-state index contributed by atoms with van der Waals surface area (Å²) in [6.07, 6.45) is -3.15. The lowest BCUT2D eigenvalue weighted by molar-refractivity contribution is -0.191. The van der Waals surface area contributed by atoms with Gasteiger partial charge < -0.3 is 10.6 Å². The van der Waals surface area contributed by atoms with Crippen molar-refractivity contribution in [1.29, 1.82) is 0 Å². The van der Waals surface area contributed by atoms with Crippen LogP contribution in [0.5, 0.6) is 0 Å². The summed E-state index contributed by atoms with van der Waals surface area (Å²) in [5.74, 6) is -1.23. The predicted molar refractivity (Wildman–Crippen MR) is 55.7 cm³/mol. The van der Waals surface area contributed by atoms with Crippen LogP contribution in [-0.2, 0) is 4.79 Å². The Morgan fingerprint density at radius 3 is 2.56 bits per heavy atom. The van der Waals surface area contributed by atoms with Crippen molar-refractivity contribution in [3.8, 4) is 0 Å². The molecular formula is C10H14F3N3O2. The Morgan fingerprint density at radius 2 is 2.11 bits per heavy atom. The minimum atomic E-state index is -4.79. The summed E-state index contributed by atoms with van der Waals surface area (Å²) in [7, 11) is 0. The molecule has 0 aromatic heterocycles. The van der Waals surface area contributed by atoms with E-state index in [1.54, 1.807) is 5.32 Å². The number of halogens is 3. The molecule has 2 fully saturated rings. The quantitative estimate of drug-likeness (QED) is 0.719.